The molecule has 2 N–H and O–H groups in total. The van der Waals surface area contributed by atoms with Crippen LogP contribution in [0.25, 0.3) is 32.9 Å². The van der Waals surface area contributed by atoms with Crippen LogP contribution in [0, 0.1) is 45.6 Å². The lowest BCUT2D eigenvalue weighted by molar-refractivity contribution is -0.138. The summed E-state index contributed by atoms with van der Waals surface area (Å²) >= 11 is 13.1. The number of rotatable bonds is 10. The zero-order valence-electron chi connectivity index (χ0n) is 31.5. The molecule has 1 amide bonds. The molecular formula is C44H40Cl2F2N6O3. The van der Waals surface area contributed by atoms with E-state index < -0.39 is 35.3 Å². The number of likely N-dealkylation sites (tertiary alicyclic amines) is 1. The Balaban J connectivity index is 1.25. The smallest absolute Gasteiger partial charge is 0.229 e. The Labute approximate surface area is 338 Å². The van der Waals surface area contributed by atoms with E-state index in [1.807, 2.05) is 24.0 Å². The van der Waals surface area contributed by atoms with E-state index in [0.29, 0.717) is 46.1 Å². The van der Waals surface area contributed by atoms with Gasteiger partial charge < -0.3 is 24.6 Å². The summed E-state index contributed by atoms with van der Waals surface area (Å²) in [5.74, 6) is -0.798. The van der Waals surface area contributed by atoms with Gasteiger partial charge >= 0.3 is 0 Å². The molecule has 5 heterocycles. The highest BCUT2D eigenvalue weighted by atomic mass is 35.5. The Morgan fingerprint density at radius 1 is 1.12 bits per heavy atom. The van der Waals surface area contributed by atoms with Crippen molar-refractivity contribution in [2.24, 2.45) is 11.3 Å². The number of nitrogens with zero attached hydrogens (tertiary/aromatic N) is 5. The maximum Gasteiger partial charge on any atom is 0.229 e. The monoisotopic (exact) mass is 808 g/mol. The zero-order valence-corrected chi connectivity index (χ0v) is 33.0. The molecule has 57 heavy (non-hydrogen) atoms. The van der Waals surface area contributed by atoms with Gasteiger partial charge in [-0.2, -0.15) is 10.5 Å². The van der Waals surface area contributed by atoms with Crippen LogP contribution in [0.5, 0.6) is 0 Å². The molecule has 9 nitrogen and oxygen atoms in total. The average Bonchev–Trinajstić information content (AvgIpc) is 3.64. The minimum Gasteiger partial charge on any atom is -0.387 e. The number of halogens is 4. The lowest BCUT2D eigenvalue weighted by Crippen LogP contribution is -2.41. The van der Waals surface area contributed by atoms with Gasteiger partial charge in [0.05, 0.1) is 69.9 Å². The van der Waals surface area contributed by atoms with Gasteiger partial charge in [0.2, 0.25) is 5.91 Å². The van der Waals surface area contributed by atoms with Crippen molar-refractivity contribution in [1.29, 1.82) is 10.5 Å². The van der Waals surface area contributed by atoms with Gasteiger partial charge in [0, 0.05) is 65.0 Å². The summed E-state index contributed by atoms with van der Waals surface area (Å²) in [6.07, 6.45) is 1.91. The minimum absolute atomic E-state index is 0.0107. The van der Waals surface area contributed by atoms with Gasteiger partial charge in [-0.15, -0.1) is 0 Å². The van der Waals surface area contributed by atoms with E-state index in [-0.39, 0.29) is 70.0 Å². The first-order chi connectivity index (χ1) is 27.4. The van der Waals surface area contributed by atoms with Crippen LogP contribution in [-0.4, -0.2) is 50.7 Å². The molecule has 3 aromatic carbocycles. The Kier molecular flexibility index (Phi) is 9.54. The third-order valence-corrected chi connectivity index (χ3v) is 13.5. The normalized spacial score (nSPS) is 23.7. The average molecular weight is 810 g/mol. The minimum atomic E-state index is -1.07. The maximum atomic E-state index is 17.4. The van der Waals surface area contributed by atoms with Crippen molar-refractivity contribution in [3.63, 3.8) is 0 Å². The topological polar surface area (TPSA) is 127 Å². The lowest BCUT2D eigenvalue weighted by atomic mass is 9.79. The molecule has 3 aliphatic heterocycles. The molecule has 2 aliphatic carbocycles. The predicted octanol–water partition coefficient (Wildman–Crippen LogP) is 9.01. The van der Waals surface area contributed by atoms with Gasteiger partial charge in [-0.1, -0.05) is 48.3 Å². The molecule has 13 heteroatoms. The highest BCUT2D eigenvalue weighted by Crippen LogP contribution is 2.53. The number of fused-ring (bicyclic) bond motifs is 4. The number of hydrogen-bond donors (Lipinski definition) is 2. The summed E-state index contributed by atoms with van der Waals surface area (Å²) in [7, 11) is 0. The molecule has 5 fully saturated rings. The van der Waals surface area contributed by atoms with E-state index in [0.717, 1.165) is 37.0 Å². The van der Waals surface area contributed by atoms with Gasteiger partial charge in [-0.25, -0.2) is 13.8 Å². The molecule has 0 spiro atoms. The van der Waals surface area contributed by atoms with E-state index >= 15 is 4.39 Å². The molecule has 292 valence electrons. The molecule has 2 saturated carbocycles. The molecule has 6 atom stereocenters. The molecule has 2 bridgehead atoms. The first-order valence-corrected chi connectivity index (χ1v) is 20.2. The number of nitriles is 2. The van der Waals surface area contributed by atoms with Crippen molar-refractivity contribution in [2.45, 2.75) is 89.3 Å². The summed E-state index contributed by atoms with van der Waals surface area (Å²) in [5, 5.41) is 36.0. The van der Waals surface area contributed by atoms with Crippen LogP contribution in [0.3, 0.4) is 0 Å². The fourth-order valence-electron chi connectivity index (χ4n) is 9.45. The first-order valence-electron chi connectivity index (χ1n) is 19.5. The Bertz CT molecular complexity index is 2560. The number of ether oxygens (including phenoxy) is 1. The van der Waals surface area contributed by atoms with Gasteiger partial charge in [-0.05, 0) is 80.0 Å². The van der Waals surface area contributed by atoms with Crippen LogP contribution in [0.4, 0.5) is 8.78 Å². The summed E-state index contributed by atoms with van der Waals surface area (Å²) in [6.45, 7) is 4.81. The second-order valence-corrected chi connectivity index (χ2v) is 17.2. The number of carbonyl (C=O) groups excluding carboxylic acids is 1. The molecule has 2 aromatic heterocycles. The fraction of sp³-hybridized carbons (Fsp3) is 0.409. The van der Waals surface area contributed by atoms with Crippen molar-refractivity contribution < 1.29 is 23.4 Å². The molecular weight excluding hydrogens is 769 g/mol. The van der Waals surface area contributed by atoms with E-state index in [9.17, 15) is 24.8 Å². The molecule has 5 aromatic rings. The summed E-state index contributed by atoms with van der Waals surface area (Å²) in [6, 6.07) is 17.0. The van der Waals surface area contributed by atoms with Crippen LogP contribution in [-0.2, 0) is 22.6 Å². The number of aliphatic hydroxyl groups is 1. The quantitative estimate of drug-likeness (QED) is 0.144. The van der Waals surface area contributed by atoms with E-state index in [2.05, 4.69) is 22.0 Å². The second-order valence-electron chi connectivity index (χ2n) is 16.4. The highest BCUT2D eigenvalue weighted by Gasteiger charge is 2.53. The Morgan fingerprint density at radius 3 is 2.61 bits per heavy atom. The van der Waals surface area contributed by atoms with Gasteiger partial charge in [-0.3, -0.25) is 4.79 Å². The molecule has 5 aliphatic rings. The number of aromatic nitrogens is 2. The molecule has 6 unspecified atom stereocenters. The van der Waals surface area contributed by atoms with Crippen molar-refractivity contribution in [2.75, 3.05) is 13.1 Å². The third kappa shape index (κ3) is 6.27. The largest absolute Gasteiger partial charge is 0.387 e. The zero-order chi connectivity index (χ0) is 39.9. The van der Waals surface area contributed by atoms with Crippen molar-refractivity contribution in [3.05, 3.63) is 98.3 Å². The second kappa shape index (κ2) is 14.3. The van der Waals surface area contributed by atoms with Crippen LogP contribution >= 0.6 is 23.2 Å². The lowest BCUT2D eigenvalue weighted by Gasteiger charge is -2.39. The number of carbonyl (C=O) groups is 1. The first kappa shape index (κ1) is 37.9. The number of aryl methyl sites for hydroxylation is 1. The Morgan fingerprint density at radius 2 is 1.93 bits per heavy atom. The fourth-order valence-corrected chi connectivity index (χ4v) is 9.84. The number of pyridine rings is 1. The van der Waals surface area contributed by atoms with Gasteiger partial charge in [0.1, 0.15) is 11.3 Å². The van der Waals surface area contributed by atoms with Crippen LogP contribution in [0.1, 0.15) is 92.2 Å². The van der Waals surface area contributed by atoms with E-state index in [1.54, 1.807) is 31.2 Å². The van der Waals surface area contributed by atoms with Crippen molar-refractivity contribution >= 4 is 50.9 Å². The van der Waals surface area contributed by atoms with E-state index in [4.69, 9.17) is 32.9 Å². The number of hydrogen-bond acceptors (Lipinski definition) is 7. The molecule has 0 radical (unpaired) electrons. The van der Waals surface area contributed by atoms with Crippen LogP contribution in [0.15, 0.2) is 48.5 Å². The summed E-state index contributed by atoms with van der Waals surface area (Å²) in [5.41, 5.74) is 3.39. The predicted molar refractivity (Wildman–Crippen MR) is 212 cm³/mol. The number of aliphatic hydroxyl groups excluding tert-OH is 1. The third-order valence-electron chi connectivity index (χ3n) is 12.7. The number of nitrogens with one attached hydrogen (secondary N) is 1. The SMILES string of the molecule is CC(O)c1nc2c(F)c(-c3cccc(Cl)c3Cl)c(CCC#N)cc2c2c1cc(C1CC(OCc3ccc(F)cc3C#N)CN1C(=O)C1(C)CC1)n2C1C2CNC1C2. The molecule has 10 rings (SSSR count). The van der Waals surface area contributed by atoms with Crippen LogP contribution < -0.4 is 5.32 Å². The van der Waals surface area contributed by atoms with Gasteiger partial charge in [0.15, 0.2) is 5.82 Å². The Hall–Kier alpha value is -4.62. The number of benzene rings is 3. The standard InChI is InChI=1S/C44H40Cl2F2N6O3/c1-22(55)39-31-17-35(34-16-28(20-53(34)43(56)44(2)10-11-44)57-21-24-8-9-27(47)13-25(24)18-50)54(41-26-15-33(41)51-19-26)42(31)30-14-23(5-4-12-49)36(38(48)40(30)52-39)29-6-3-7-32(45)37(29)46/h3,6-9,13-14,17,22,26,28,33-34,41,51,55H,4-5,10-11,15-16,19-21H2,1-2H3. The van der Waals surface area contributed by atoms with Crippen LogP contribution in [0.2, 0.25) is 10.0 Å². The van der Waals surface area contributed by atoms with Crippen molar-refractivity contribution in [3.8, 4) is 23.3 Å². The van der Waals surface area contributed by atoms with Crippen molar-refractivity contribution in [1.82, 2.24) is 19.8 Å². The van der Waals surface area contributed by atoms with E-state index in [1.165, 1.54) is 12.1 Å². The highest BCUT2D eigenvalue weighted by molar-refractivity contribution is 6.43. The summed E-state index contributed by atoms with van der Waals surface area (Å²) in [4.78, 5) is 21.2. The van der Waals surface area contributed by atoms with Gasteiger partial charge in [0.25, 0.3) is 0 Å². The molecule has 3 saturated heterocycles. The summed E-state index contributed by atoms with van der Waals surface area (Å²) < 4.78 is 40.1. The number of amides is 1. The maximum absolute atomic E-state index is 17.4.